The van der Waals surface area contributed by atoms with Gasteiger partial charge in [0.2, 0.25) is 0 Å². The summed E-state index contributed by atoms with van der Waals surface area (Å²) >= 11 is 0. The maximum absolute atomic E-state index is 11.9. The number of aliphatic hydroxyl groups is 1. The van der Waals surface area contributed by atoms with Crippen LogP contribution in [0.15, 0.2) is 0 Å². The number of nitrogens with two attached hydrogens (primary N) is 1. The summed E-state index contributed by atoms with van der Waals surface area (Å²) in [6.45, 7) is 9.74. The average molecular weight is 246 g/mol. The molecule has 17 heavy (non-hydrogen) atoms. The lowest BCUT2D eigenvalue weighted by Crippen LogP contribution is -2.42. The Morgan fingerprint density at radius 3 is 2.29 bits per heavy atom. The van der Waals surface area contributed by atoms with Gasteiger partial charge in [-0.25, -0.2) is 4.79 Å². The van der Waals surface area contributed by atoms with Crippen molar-refractivity contribution >= 4 is 6.09 Å². The van der Waals surface area contributed by atoms with Gasteiger partial charge in [0.25, 0.3) is 0 Å². The van der Waals surface area contributed by atoms with Gasteiger partial charge in [0.05, 0.1) is 6.10 Å². The maximum Gasteiger partial charge on any atom is 0.410 e. The van der Waals surface area contributed by atoms with Crippen LogP contribution in [0.1, 0.15) is 41.0 Å². The summed E-state index contributed by atoms with van der Waals surface area (Å²) in [5.41, 5.74) is 5.13. The molecule has 0 saturated carbocycles. The number of carbonyl (C=O) groups is 1. The van der Waals surface area contributed by atoms with Gasteiger partial charge < -0.3 is 20.5 Å². The molecule has 0 radical (unpaired) electrons. The third-order valence-corrected chi connectivity index (χ3v) is 1.99. The van der Waals surface area contributed by atoms with E-state index in [1.165, 1.54) is 4.90 Å². The normalized spacial score (nSPS) is 15.2. The monoisotopic (exact) mass is 246 g/mol. The van der Waals surface area contributed by atoms with Crippen molar-refractivity contribution in [2.75, 3.05) is 13.1 Å². The number of rotatable bonds is 5. The molecule has 2 atom stereocenters. The van der Waals surface area contributed by atoms with Crippen LogP contribution in [-0.2, 0) is 4.74 Å². The van der Waals surface area contributed by atoms with Crippen molar-refractivity contribution < 1.29 is 14.6 Å². The van der Waals surface area contributed by atoms with Crippen molar-refractivity contribution in [1.82, 2.24) is 4.90 Å². The molecule has 0 aromatic rings. The zero-order valence-corrected chi connectivity index (χ0v) is 11.6. The molecule has 5 nitrogen and oxygen atoms in total. The lowest BCUT2D eigenvalue weighted by molar-refractivity contribution is 0.0157. The summed E-state index contributed by atoms with van der Waals surface area (Å²) < 4.78 is 5.27. The van der Waals surface area contributed by atoms with E-state index in [9.17, 15) is 9.90 Å². The second-order valence-electron chi connectivity index (χ2n) is 5.54. The second-order valence-corrected chi connectivity index (χ2v) is 5.54. The molecule has 0 spiro atoms. The zero-order chi connectivity index (χ0) is 13.6. The van der Waals surface area contributed by atoms with Crippen LogP contribution in [0.5, 0.6) is 0 Å². The Hall–Kier alpha value is -0.810. The minimum atomic E-state index is -0.574. The summed E-state index contributed by atoms with van der Waals surface area (Å²) in [6, 6.07) is 0.0222. The van der Waals surface area contributed by atoms with Gasteiger partial charge in [0.1, 0.15) is 5.60 Å². The highest BCUT2D eigenvalue weighted by atomic mass is 16.6. The van der Waals surface area contributed by atoms with Crippen LogP contribution in [0.25, 0.3) is 0 Å². The summed E-state index contributed by atoms with van der Waals surface area (Å²) in [7, 11) is 0. The molecule has 0 saturated heterocycles. The summed E-state index contributed by atoms with van der Waals surface area (Å²) in [6.07, 6.45) is -0.291. The highest BCUT2D eigenvalue weighted by Crippen LogP contribution is 2.11. The van der Waals surface area contributed by atoms with E-state index >= 15 is 0 Å². The van der Waals surface area contributed by atoms with Gasteiger partial charge in [0, 0.05) is 19.1 Å². The molecule has 102 valence electrons. The zero-order valence-electron chi connectivity index (χ0n) is 11.6. The molecular formula is C12H26N2O3. The molecule has 0 aliphatic heterocycles. The standard InChI is InChI=1S/C12H26N2O3/c1-9(13)6-7-14(8-10(2)15)11(16)17-12(3,4)5/h9-10,15H,6-8,13H2,1-5H3. The third kappa shape index (κ3) is 8.94. The second kappa shape index (κ2) is 6.81. The first kappa shape index (κ1) is 16.2. The summed E-state index contributed by atoms with van der Waals surface area (Å²) in [5, 5.41) is 9.35. The fraction of sp³-hybridized carbons (Fsp3) is 0.917. The maximum atomic E-state index is 11.9. The molecule has 0 fully saturated rings. The Labute approximate surface area is 104 Å². The number of hydrogen-bond donors (Lipinski definition) is 2. The minimum absolute atomic E-state index is 0.0222. The van der Waals surface area contributed by atoms with Crippen LogP contribution in [0.3, 0.4) is 0 Å². The Morgan fingerprint density at radius 1 is 1.41 bits per heavy atom. The smallest absolute Gasteiger partial charge is 0.410 e. The topological polar surface area (TPSA) is 75.8 Å². The van der Waals surface area contributed by atoms with Gasteiger partial charge in [-0.1, -0.05) is 0 Å². The average Bonchev–Trinajstić information content (AvgIpc) is 2.08. The predicted molar refractivity (Wildman–Crippen MR) is 67.8 cm³/mol. The Kier molecular flexibility index (Phi) is 6.49. The van der Waals surface area contributed by atoms with Gasteiger partial charge in [-0.05, 0) is 41.0 Å². The van der Waals surface area contributed by atoms with Gasteiger partial charge in [-0.15, -0.1) is 0 Å². The van der Waals surface area contributed by atoms with E-state index in [0.717, 1.165) is 0 Å². The first-order valence-electron chi connectivity index (χ1n) is 6.03. The van der Waals surface area contributed by atoms with Crippen LogP contribution in [0.2, 0.25) is 0 Å². The van der Waals surface area contributed by atoms with E-state index in [1.807, 2.05) is 27.7 Å². The quantitative estimate of drug-likeness (QED) is 0.767. The molecule has 3 N–H and O–H groups in total. The van der Waals surface area contributed by atoms with Crippen molar-refractivity contribution in [1.29, 1.82) is 0 Å². The molecule has 1 amide bonds. The van der Waals surface area contributed by atoms with Crippen LogP contribution in [0, 0.1) is 0 Å². The molecule has 0 bridgehead atoms. The van der Waals surface area contributed by atoms with E-state index in [0.29, 0.717) is 13.0 Å². The van der Waals surface area contributed by atoms with E-state index in [4.69, 9.17) is 10.5 Å². The molecule has 5 heteroatoms. The molecule has 0 aromatic heterocycles. The van der Waals surface area contributed by atoms with Crippen molar-refractivity contribution in [3.05, 3.63) is 0 Å². The molecule has 0 aliphatic carbocycles. The number of hydrogen-bond acceptors (Lipinski definition) is 4. The van der Waals surface area contributed by atoms with Crippen LogP contribution < -0.4 is 5.73 Å². The number of amides is 1. The summed E-state index contributed by atoms with van der Waals surface area (Å²) in [5.74, 6) is 0. The van der Waals surface area contributed by atoms with Gasteiger partial charge >= 0.3 is 6.09 Å². The molecule has 0 heterocycles. The lowest BCUT2D eigenvalue weighted by atomic mass is 10.2. The summed E-state index contributed by atoms with van der Waals surface area (Å²) in [4.78, 5) is 13.4. The van der Waals surface area contributed by atoms with Gasteiger partial charge in [-0.3, -0.25) is 0 Å². The number of aliphatic hydroxyl groups excluding tert-OH is 1. The SMILES string of the molecule is CC(N)CCN(CC(C)O)C(=O)OC(C)(C)C. The Balaban J connectivity index is 4.40. The van der Waals surface area contributed by atoms with Crippen molar-refractivity contribution in [2.24, 2.45) is 5.73 Å². The van der Waals surface area contributed by atoms with E-state index in [1.54, 1.807) is 6.92 Å². The van der Waals surface area contributed by atoms with Crippen molar-refractivity contribution in [2.45, 2.75) is 58.8 Å². The highest BCUT2D eigenvalue weighted by Gasteiger charge is 2.22. The van der Waals surface area contributed by atoms with Crippen molar-refractivity contribution in [3.8, 4) is 0 Å². The fourth-order valence-corrected chi connectivity index (χ4v) is 1.26. The van der Waals surface area contributed by atoms with Crippen LogP contribution in [0.4, 0.5) is 4.79 Å². The Bertz CT molecular complexity index is 234. The Morgan fingerprint density at radius 2 is 1.94 bits per heavy atom. The third-order valence-electron chi connectivity index (χ3n) is 1.99. The molecular weight excluding hydrogens is 220 g/mol. The predicted octanol–water partition coefficient (Wildman–Crippen LogP) is 1.34. The highest BCUT2D eigenvalue weighted by molar-refractivity contribution is 5.68. The molecule has 0 aromatic carbocycles. The number of nitrogens with zero attached hydrogens (tertiary/aromatic N) is 1. The number of carbonyl (C=O) groups excluding carboxylic acids is 1. The van der Waals surface area contributed by atoms with Gasteiger partial charge in [-0.2, -0.15) is 0 Å². The fourth-order valence-electron chi connectivity index (χ4n) is 1.26. The minimum Gasteiger partial charge on any atom is -0.444 e. The first-order valence-corrected chi connectivity index (χ1v) is 6.03. The number of ether oxygens (including phenoxy) is 1. The molecule has 0 aliphatic rings. The molecule has 2 unspecified atom stereocenters. The van der Waals surface area contributed by atoms with Crippen LogP contribution in [-0.4, -0.2) is 46.9 Å². The largest absolute Gasteiger partial charge is 0.444 e. The lowest BCUT2D eigenvalue weighted by Gasteiger charge is -2.28. The van der Waals surface area contributed by atoms with Crippen LogP contribution >= 0.6 is 0 Å². The molecule has 0 rings (SSSR count). The van der Waals surface area contributed by atoms with E-state index < -0.39 is 17.8 Å². The van der Waals surface area contributed by atoms with E-state index in [2.05, 4.69) is 0 Å². The first-order chi connectivity index (χ1) is 7.61. The van der Waals surface area contributed by atoms with Gasteiger partial charge in [0.15, 0.2) is 0 Å². The van der Waals surface area contributed by atoms with E-state index in [-0.39, 0.29) is 12.6 Å². The van der Waals surface area contributed by atoms with Crippen molar-refractivity contribution in [3.63, 3.8) is 0 Å².